The fraction of sp³-hybridized carbons (Fsp3) is 0.417. The van der Waals surface area contributed by atoms with Crippen molar-refractivity contribution in [3.63, 3.8) is 0 Å². The minimum Gasteiger partial charge on any atom is -0.404 e. The van der Waals surface area contributed by atoms with Gasteiger partial charge in [-0.15, -0.1) is 13.2 Å². The molecule has 106 valence electrons. The zero-order chi connectivity index (χ0) is 14.6. The largest absolute Gasteiger partial charge is 0.573 e. The molecule has 19 heavy (non-hydrogen) atoms. The van der Waals surface area contributed by atoms with Gasteiger partial charge in [-0.05, 0) is 19.1 Å². The van der Waals surface area contributed by atoms with Crippen molar-refractivity contribution in [2.45, 2.75) is 19.3 Å². The third-order valence-electron chi connectivity index (χ3n) is 2.30. The molecule has 0 spiro atoms. The summed E-state index contributed by atoms with van der Waals surface area (Å²) in [5.41, 5.74) is 0.113. The quantitative estimate of drug-likeness (QED) is 0.918. The van der Waals surface area contributed by atoms with Crippen LogP contribution < -0.4 is 10.1 Å². The molecule has 0 bridgehead atoms. The molecule has 1 N–H and O–H groups in total. The van der Waals surface area contributed by atoms with Crippen molar-refractivity contribution >= 4 is 11.6 Å². The number of hydrogen-bond acceptors (Lipinski definition) is 3. The lowest BCUT2D eigenvalue weighted by molar-refractivity contribution is -0.274. The van der Waals surface area contributed by atoms with Crippen molar-refractivity contribution in [2.75, 3.05) is 19.4 Å². The lowest BCUT2D eigenvalue weighted by Gasteiger charge is -2.21. The molecule has 0 aliphatic carbocycles. The van der Waals surface area contributed by atoms with Gasteiger partial charge in [0.2, 0.25) is 5.91 Å². The summed E-state index contributed by atoms with van der Waals surface area (Å²) in [5.74, 6) is -0.616. The first-order valence-electron chi connectivity index (χ1n) is 5.53. The Balaban J connectivity index is 2.87. The Bertz CT molecular complexity index is 447. The van der Waals surface area contributed by atoms with Crippen molar-refractivity contribution in [3.05, 3.63) is 24.3 Å². The number of para-hydroxylation sites is 2. The molecule has 1 unspecified atom stereocenters. The van der Waals surface area contributed by atoms with Crippen LogP contribution in [0.2, 0.25) is 0 Å². The average Bonchev–Trinajstić information content (AvgIpc) is 2.28. The number of alkyl halides is 3. The lowest BCUT2D eigenvalue weighted by Crippen LogP contribution is -2.36. The second-order valence-electron chi connectivity index (χ2n) is 4.14. The van der Waals surface area contributed by atoms with Crippen LogP contribution in [0.4, 0.5) is 18.9 Å². The van der Waals surface area contributed by atoms with E-state index < -0.39 is 12.4 Å². The van der Waals surface area contributed by atoms with Gasteiger partial charge in [0, 0.05) is 14.1 Å². The highest BCUT2D eigenvalue weighted by atomic mass is 19.4. The van der Waals surface area contributed by atoms with Crippen LogP contribution in [0.5, 0.6) is 5.75 Å². The van der Waals surface area contributed by atoms with Crippen molar-refractivity contribution in [3.8, 4) is 5.75 Å². The fourth-order valence-corrected chi connectivity index (χ4v) is 1.48. The van der Waals surface area contributed by atoms with Gasteiger partial charge >= 0.3 is 6.36 Å². The molecule has 0 aliphatic heterocycles. The van der Waals surface area contributed by atoms with Gasteiger partial charge in [-0.25, -0.2) is 0 Å². The summed E-state index contributed by atoms with van der Waals surface area (Å²) < 4.78 is 40.5. The fourth-order valence-electron chi connectivity index (χ4n) is 1.48. The Morgan fingerprint density at radius 1 is 1.32 bits per heavy atom. The third kappa shape index (κ3) is 4.69. The molecule has 1 amide bonds. The summed E-state index contributed by atoms with van der Waals surface area (Å²) >= 11 is 0. The molecule has 4 nitrogen and oxygen atoms in total. The summed E-state index contributed by atoms with van der Waals surface area (Å²) in [5, 5.41) is 2.70. The number of carbonyl (C=O) groups excluding carboxylic acids is 1. The predicted molar refractivity (Wildman–Crippen MR) is 64.9 cm³/mol. The Kier molecular flexibility index (Phi) is 4.63. The molecular weight excluding hydrogens is 261 g/mol. The first-order chi connectivity index (χ1) is 8.70. The number of rotatable bonds is 4. The average molecular weight is 276 g/mol. The topological polar surface area (TPSA) is 41.6 Å². The SMILES string of the molecule is CC(Nc1ccccc1OC(F)(F)F)C(=O)N(C)C. The molecule has 0 heterocycles. The summed E-state index contributed by atoms with van der Waals surface area (Å²) in [6.45, 7) is 1.56. The van der Waals surface area contributed by atoms with Gasteiger partial charge in [-0.3, -0.25) is 4.79 Å². The third-order valence-corrected chi connectivity index (χ3v) is 2.30. The molecule has 0 aromatic heterocycles. The number of carbonyl (C=O) groups is 1. The van der Waals surface area contributed by atoms with Crippen LogP contribution in [0.25, 0.3) is 0 Å². The minimum atomic E-state index is -4.77. The predicted octanol–water partition coefficient (Wildman–Crippen LogP) is 2.47. The zero-order valence-electron chi connectivity index (χ0n) is 10.8. The maximum Gasteiger partial charge on any atom is 0.573 e. The molecular formula is C12H15F3N2O2. The molecule has 0 fully saturated rings. The van der Waals surface area contributed by atoms with Gasteiger partial charge in [0.1, 0.15) is 6.04 Å². The Morgan fingerprint density at radius 3 is 2.42 bits per heavy atom. The highest BCUT2D eigenvalue weighted by Crippen LogP contribution is 2.30. The summed E-state index contributed by atoms with van der Waals surface area (Å²) in [6.07, 6.45) is -4.77. The van der Waals surface area contributed by atoms with Gasteiger partial charge in [-0.1, -0.05) is 12.1 Å². The number of halogens is 3. The van der Waals surface area contributed by atoms with E-state index in [2.05, 4.69) is 10.1 Å². The van der Waals surface area contributed by atoms with Crippen LogP contribution in [0.3, 0.4) is 0 Å². The number of ether oxygens (including phenoxy) is 1. The Labute approximate surface area is 109 Å². The van der Waals surface area contributed by atoms with Gasteiger partial charge in [0.05, 0.1) is 5.69 Å². The van der Waals surface area contributed by atoms with Crippen molar-refractivity contribution in [1.29, 1.82) is 0 Å². The molecule has 0 radical (unpaired) electrons. The van der Waals surface area contributed by atoms with Crippen LogP contribution in [-0.4, -0.2) is 37.3 Å². The van der Waals surface area contributed by atoms with Crippen molar-refractivity contribution in [2.24, 2.45) is 0 Å². The van der Waals surface area contributed by atoms with Crippen molar-refractivity contribution in [1.82, 2.24) is 4.90 Å². The summed E-state index contributed by atoms with van der Waals surface area (Å²) in [6, 6.07) is 4.92. The van der Waals surface area contributed by atoms with Crippen LogP contribution in [0.15, 0.2) is 24.3 Å². The number of nitrogens with zero attached hydrogens (tertiary/aromatic N) is 1. The number of amides is 1. The molecule has 0 saturated heterocycles. The van der Waals surface area contributed by atoms with E-state index in [1.165, 1.54) is 23.1 Å². The van der Waals surface area contributed by atoms with E-state index in [1.807, 2.05) is 0 Å². The maximum absolute atomic E-state index is 12.2. The Hall–Kier alpha value is -1.92. The highest BCUT2D eigenvalue weighted by molar-refractivity contribution is 5.84. The number of anilines is 1. The normalized spacial score (nSPS) is 12.7. The first-order valence-corrected chi connectivity index (χ1v) is 5.53. The van der Waals surface area contributed by atoms with E-state index in [0.717, 1.165) is 0 Å². The lowest BCUT2D eigenvalue weighted by atomic mass is 10.2. The second kappa shape index (κ2) is 5.81. The molecule has 1 atom stereocenters. The van der Waals surface area contributed by atoms with E-state index in [4.69, 9.17) is 0 Å². The monoisotopic (exact) mass is 276 g/mol. The van der Waals surface area contributed by atoms with Crippen LogP contribution in [0, 0.1) is 0 Å². The van der Waals surface area contributed by atoms with Crippen molar-refractivity contribution < 1.29 is 22.7 Å². The number of hydrogen-bond donors (Lipinski definition) is 1. The van der Waals surface area contributed by atoms with Crippen LogP contribution in [0.1, 0.15) is 6.92 Å². The smallest absolute Gasteiger partial charge is 0.404 e. The van der Waals surface area contributed by atoms with E-state index in [0.29, 0.717) is 0 Å². The molecule has 7 heteroatoms. The summed E-state index contributed by atoms with van der Waals surface area (Å²) in [4.78, 5) is 13.0. The molecule has 1 aromatic carbocycles. The maximum atomic E-state index is 12.2. The first kappa shape index (κ1) is 15.1. The molecule has 1 rings (SSSR count). The minimum absolute atomic E-state index is 0.113. The van der Waals surface area contributed by atoms with E-state index in [9.17, 15) is 18.0 Å². The van der Waals surface area contributed by atoms with Gasteiger partial charge in [-0.2, -0.15) is 0 Å². The number of benzene rings is 1. The molecule has 0 aliphatic rings. The summed E-state index contributed by atoms with van der Waals surface area (Å²) in [7, 11) is 3.14. The van der Waals surface area contributed by atoms with Crippen LogP contribution >= 0.6 is 0 Å². The van der Waals surface area contributed by atoms with Crippen LogP contribution in [-0.2, 0) is 4.79 Å². The second-order valence-corrected chi connectivity index (χ2v) is 4.14. The van der Waals surface area contributed by atoms with E-state index in [-0.39, 0.29) is 17.3 Å². The van der Waals surface area contributed by atoms with Gasteiger partial charge in [0.15, 0.2) is 5.75 Å². The Morgan fingerprint density at radius 2 is 1.89 bits per heavy atom. The number of likely N-dealkylation sites (N-methyl/N-ethyl adjacent to an activating group) is 1. The van der Waals surface area contributed by atoms with E-state index in [1.54, 1.807) is 27.1 Å². The molecule has 0 saturated carbocycles. The zero-order valence-corrected chi connectivity index (χ0v) is 10.8. The molecule has 1 aromatic rings. The van der Waals surface area contributed by atoms with Gasteiger partial charge < -0.3 is 15.0 Å². The number of nitrogens with one attached hydrogen (secondary N) is 1. The van der Waals surface area contributed by atoms with E-state index >= 15 is 0 Å². The highest BCUT2D eigenvalue weighted by Gasteiger charge is 2.32. The van der Waals surface area contributed by atoms with Gasteiger partial charge in [0.25, 0.3) is 0 Å². The standard InChI is InChI=1S/C12H15F3N2O2/c1-8(11(18)17(2)3)16-9-6-4-5-7-10(9)19-12(13,14)15/h4-8,16H,1-3H3.